The first-order valence-corrected chi connectivity index (χ1v) is 14.2. The molecular weight excluding hydrogens is 464 g/mol. The Labute approximate surface area is 195 Å². The summed E-state index contributed by atoms with van der Waals surface area (Å²) in [6, 6.07) is 14.1. The third-order valence-corrected chi connectivity index (χ3v) is 9.76. The van der Waals surface area contributed by atoms with Crippen molar-refractivity contribution < 1.29 is 26.4 Å². The zero-order chi connectivity index (χ0) is 23.6. The zero-order valence-corrected chi connectivity index (χ0v) is 20.1. The van der Waals surface area contributed by atoms with Gasteiger partial charge in [-0.05, 0) is 55.7 Å². The number of ether oxygens (including phenoxy) is 1. The Morgan fingerprint density at radius 3 is 2.33 bits per heavy atom. The predicted molar refractivity (Wildman–Crippen MR) is 126 cm³/mol. The summed E-state index contributed by atoms with van der Waals surface area (Å²) in [4.78, 5) is 15.0. The second-order valence-corrected chi connectivity index (χ2v) is 12.7. The third kappa shape index (κ3) is 5.23. The van der Waals surface area contributed by atoms with Crippen molar-refractivity contribution >= 4 is 31.5 Å². The summed E-state index contributed by atoms with van der Waals surface area (Å²) >= 11 is 0. The molecule has 2 atom stereocenters. The quantitative estimate of drug-likeness (QED) is 0.588. The standard InChI is InChI=1S/C23H28N2O6S2/c1-24(19-6-3-2-4-7-19)33(29,30)22-11-9-18(10-12-22)23(26)25(16-21-8-5-14-31-21)20-13-15-32(27,28)17-20/h2-4,6-7,9-12,20-21H,5,8,13-17H2,1H3. The van der Waals surface area contributed by atoms with Crippen molar-refractivity contribution in [2.24, 2.45) is 0 Å². The van der Waals surface area contributed by atoms with Gasteiger partial charge in [0.2, 0.25) is 0 Å². The van der Waals surface area contributed by atoms with Crippen LogP contribution in [0.5, 0.6) is 0 Å². The van der Waals surface area contributed by atoms with Gasteiger partial charge in [-0.15, -0.1) is 0 Å². The number of sulfone groups is 1. The first kappa shape index (κ1) is 23.7. The van der Waals surface area contributed by atoms with Crippen molar-refractivity contribution in [2.45, 2.75) is 36.3 Å². The third-order valence-electron chi connectivity index (χ3n) is 6.21. The molecule has 0 aliphatic carbocycles. The molecule has 178 valence electrons. The molecule has 33 heavy (non-hydrogen) atoms. The van der Waals surface area contributed by atoms with Crippen molar-refractivity contribution in [1.29, 1.82) is 0 Å². The molecule has 2 aromatic carbocycles. The molecule has 0 N–H and O–H groups in total. The van der Waals surface area contributed by atoms with E-state index in [1.807, 2.05) is 6.07 Å². The molecule has 2 saturated heterocycles. The number of nitrogens with zero attached hydrogens (tertiary/aromatic N) is 2. The van der Waals surface area contributed by atoms with Crippen molar-refractivity contribution in [1.82, 2.24) is 4.90 Å². The van der Waals surface area contributed by atoms with Crippen LogP contribution in [0.25, 0.3) is 0 Å². The highest BCUT2D eigenvalue weighted by Gasteiger charge is 2.37. The van der Waals surface area contributed by atoms with Crippen LogP contribution in [-0.2, 0) is 24.6 Å². The van der Waals surface area contributed by atoms with Gasteiger partial charge in [0.25, 0.3) is 15.9 Å². The smallest absolute Gasteiger partial charge is 0.264 e. The summed E-state index contributed by atoms with van der Waals surface area (Å²) in [6.45, 7) is 0.965. The van der Waals surface area contributed by atoms with Crippen molar-refractivity contribution in [3.63, 3.8) is 0 Å². The van der Waals surface area contributed by atoms with E-state index in [4.69, 9.17) is 4.74 Å². The van der Waals surface area contributed by atoms with Gasteiger partial charge >= 0.3 is 0 Å². The number of carbonyl (C=O) groups excluding carboxylic acids is 1. The normalized spacial score (nSPS) is 22.2. The average Bonchev–Trinajstić information content (AvgIpc) is 3.46. The Morgan fingerprint density at radius 2 is 1.76 bits per heavy atom. The zero-order valence-electron chi connectivity index (χ0n) is 18.5. The van der Waals surface area contributed by atoms with Crippen molar-refractivity contribution in [3.05, 3.63) is 60.2 Å². The fourth-order valence-electron chi connectivity index (χ4n) is 4.30. The molecule has 2 aromatic rings. The van der Waals surface area contributed by atoms with Crippen LogP contribution in [0.2, 0.25) is 0 Å². The van der Waals surface area contributed by atoms with Gasteiger partial charge in [0, 0.05) is 31.8 Å². The Morgan fingerprint density at radius 1 is 1.06 bits per heavy atom. The number of para-hydroxylation sites is 1. The molecule has 2 aliphatic heterocycles. The van der Waals surface area contributed by atoms with E-state index in [0.717, 1.165) is 12.8 Å². The second-order valence-electron chi connectivity index (χ2n) is 8.48. The maximum absolute atomic E-state index is 13.4. The topological polar surface area (TPSA) is 101 Å². The fraction of sp³-hybridized carbons (Fsp3) is 0.435. The molecule has 0 spiro atoms. The highest BCUT2D eigenvalue weighted by molar-refractivity contribution is 7.92. The van der Waals surface area contributed by atoms with Crippen LogP contribution >= 0.6 is 0 Å². The number of benzene rings is 2. The summed E-state index contributed by atoms with van der Waals surface area (Å²) in [5.41, 5.74) is 0.849. The van der Waals surface area contributed by atoms with Crippen LogP contribution in [0, 0.1) is 0 Å². The molecule has 0 radical (unpaired) electrons. The minimum Gasteiger partial charge on any atom is -0.376 e. The van der Waals surface area contributed by atoms with E-state index in [9.17, 15) is 21.6 Å². The van der Waals surface area contributed by atoms with E-state index in [1.165, 1.54) is 35.6 Å². The van der Waals surface area contributed by atoms with Gasteiger partial charge in [-0.25, -0.2) is 16.8 Å². The van der Waals surface area contributed by atoms with E-state index in [0.29, 0.717) is 30.8 Å². The number of hydrogen-bond donors (Lipinski definition) is 0. The number of amides is 1. The lowest BCUT2D eigenvalue weighted by Crippen LogP contribution is -2.45. The summed E-state index contributed by atoms with van der Waals surface area (Å²) < 4.78 is 57.0. The summed E-state index contributed by atoms with van der Waals surface area (Å²) in [6.07, 6.45) is 2.02. The SMILES string of the molecule is CN(c1ccccc1)S(=O)(=O)c1ccc(C(=O)N(CC2CCCO2)C2CCS(=O)(=O)C2)cc1. The van der Waals surface area contributed by atoms with Gasteiger partial charge in [0.15, 0.2) is 9.84 Å². The molecule has 2 fully saturated rings. The van der Waals surface area contributed by atoms with Crippen LogP contribution in [-0.4, -0.2) is 71.5 Å². The maximum atomic E-state index is 13.4. The van der Waals surface area contributed by atoms with E-state index < -0.39 is 25.9 Å². The minimum absolute atomic E-state index is 0.0558. The lowest BCUT2D eigenvalue weighted by Gasteiger charge is -2.30. The summed E-state index contributed by atoms with van der Waals surface area (Å²) in [5.74, 6) is -0.302. The Kier molecular flexibility index (Phi) is 6.78. The van der Waals surface area contributed by atoms with Gasteiger partial charge in [-0.3, -0.25) is 9.10 Å². The van der Waals surface area contributed by atoms with Gasteiger partial charge in [-0.2, -0.15) is 0 Å². The predicted octanol–water partition coefficient (Wildman–Crippen LogP) is 2.32. The number of anilines is 1. The maximum Gasteiger partial charge on any atom is 0.264 e. The fourth-order valence-corrected chi connectivity index (χ4v) is 7.22. The van der Waals surface area contributed by atoms with Crippen LogP contribution in [0.1, 0.15) is 29.6 Å². The first-order chi connectivity index (χ1) is 15.7. The number of rotatable bonds is 7. The molecule has 0 aromatic heterocycles. The largest absolute Gasteiger partial charge is 0.376 e. The lowest BCUT2D eigenvalue weighted by atomic mass is 10.1. The van der Waals surface area contributed by atoms with Gasteiger partial charge < -0.3 is 9.64 Å². The molecule has 2 aliphatic rings. The average molecular weight is 493 g/mol. The molecule has 0 bridgehead atoms. The minimum atomic E-state index is -3.80. The first-order valence-electron chi connectivity index (χ1n) is 10.9. The molecule has 0 saturated carbocycles. The van der Waals surface area contributed by atoms with E-state index >= 15 is 0 Å². The van der Waals surface area contributed by atoms with Gasteiger partial charge in [0.05, 0.1) is 28.2 Å². The number of hydrogen-bond acceptors (Lipinski definition) is 6. The van der Waals surface area contributed by atoms with Crippen LogP contribution in [0.4, 0.5) is 5.69 Å². The Bertz CT molecular complexity index is 1190. The van der Waals surface area contributed by atoms with Crippen LogP contribution in [0.15, 0.2) is 59.5 Å². The number of carbonyl (C=O) groups is 1. The summed E-state index contributed by atoms with van der Waals surface area (Å²) in [5, 5.41) is 0. The number of sulfonamides is 1. The highest BCUT2D eigenvalue weighted by atomic mass is 32.2. The Hall–Kier alpha value is -2.43. The second kappa shape index (κ2) is 9.44. The van der Waals surface area contributed by atoms with E-state index in [2.05, 4.69) is 0 Å². The van der Waals surface area contributed by atoms with Crippen LogP contribution < -0.4 is 4.31 Å². The van der Waals surface area contributed by atoms with Crippen molar-refractivity contribution in [3.8, 4) is 0 Å². The van der Waals surface area contributed by atoms with Gasteiger partial charge in [-0.1, -0.05) is 18.2 Å². The molecular formula is C23H28N2O6S2. The Balaban J connectivity index is 1.56. The lowest BCUT2D eigenvalue weighted by molar-refractivity contribution is 0.0441. The summed E-state index contributed by atoms with van der Waals surface area (Å²) in [7, 11) is -5.49. The highest BCUT2D eigenvalue weighted by Crippen LogP contribution is 2.25. The molecule has 8 nitrogen and oxygen atoms in total. The van der Waals surface area contributed by atoms with E-state index in [-0.39, 0.29) is 28.4 Å². The van der Waals surface area contributed by atoms with Crippen LogP contribution in [0.3, 0.4) is 0 Å². The monoisotopic (exact) mass is 492 g/mol. The molecule has 1 amide bonds. The molecule has 10 heteroatoms. The molecule has 2 unspecified atom stereocenters. The molecule has 4 rings (SSSR count). The molecule has 2 heterocycles. The van der Waals surface area contributed by atoms with Gasteiger partial charge in [0.1, 0.15) is 0 Å². The van der Waals surface area contributed by atoms with E-state index in [1.54, 1.807) is 29.2 Å². The van der Waals surface area contributed by atoms with Crippen molar-refractivity contribution in [2.75, 3.05) is 36.0 Å².